The predicted molar refractivity (Wildman–Crippen MR) is 63.5 cm³/mol. The van der Waals surface area contributed by atoms with Gasteiger partial charge in [0.2, 0.25) is 0 Å². The van der Waals surface area contributed by atoms with E-state index in [9.17, 15) is 4.79 Å². The summed E-state index contributed by atoms with van der Waals surface area (Å²) in [4.78, 5) is 23.1. The van der Waals surface area contributed by atoms with Crippen molar-refractivity contribution in [3.8, 4) is 0 Å². The van der Waals surface area contributed by atoms with E-state index in [-0.39, 0.29) is 5.78 Å². The quantitative estimate of drug-likeness (QED) is 0.755. The normalized spacial score (nSPS) is 17.2. The van der Waals surface area contributed by atoms with Gasteiger partial charge >= 0.3 is 0 Å². The Morgan fingerprint density at radius 1 is 1.24 bits per heavy atom. The first kappa shape index (κ1) is 9.96. The summed E-state index contributed by atoms with van der Waals surface area (Å²) in [7, 11) is 0. The van der Waals surface area contributed by atoms with Crippen molar-refractivity contribution in [2.75, 3.05) is 0 Å². The second-order valence-corrected chi connectivity index (χ2v) is 4.04. The van der Waals surface area contributed by atoms with Crippen LogP contribution in [0.1, 0.15) is 28.0 Å². The highest BCUT2D eigenvalue weighted by Crippen LogP contribution is 2.25. The third-order valence-electron chi connectivity index (χ3n) is 2.96. The van der Waals surface area contributed by atoms with Crippen molar-refractivity contribution in [1.82, 2.24) is 15.0 Å². The summed E-state index contributed by atoms with van der Waals surface area (Å²) in [6, 6.07) is 1.92. The van der Waals surface area contributed by atoms with E-state index in [1.807, 2.05) is 12.1 Å². The van der Waals surface area contributed by atoms with Crippen molar-refractivity contribution in [2.24, 2.45) is 0 Å². The molecular weight excluding hydrogens is 214 g/mol. The molecule has 0 saturated heterocycles. The van der Waals surface area contributed by atoms with Crippen LogP contribution in [0.25, 0.3) is 6.08 Å². The monoisotopic (exact) mass is 225 g/mol. The minimum absolute atomic E-state index is 0.0777. The van der Waals surface area contributed by atoms with Crippen LogP contribution in [0.15, 0.2) is 36.6 Å². The first-order chi connectivity index (χ1) is 8.34. The lowest BCUT2D eigenvalue weighted by Crippen LogP contribution is -2.14. The lowest BCUT2D eigenvalue weighted by Gasteiger charge is -2.16. The van der Waals surface area contributed by atoms with Crippen LogP contribution < -0.4 is 0 Å². The SMILES string of the molecule is O=C1/C(=C/c2cnc[nH]2)CCc2ccncc21. The Morgan fingerprint density at radius 2 is 2.18 bits per heavy atom. The van der Waals surface area contributed by atoms with E-state index in [2.05, 4.69) is 15.0 Å². The third kappa shape index (κ3) is 1.78. The van der Waals surface area contributed by atoms with Crippen LogP contribution in [-0.4, -0.2) is 20.7 Å². The lowest BCUT2D eigenvalue weighted by molar-refractivity contribution is 0.102. The van der Waals surface area contributed by atoms with Crippen molar-refractivity contribution in [1.29, 1.82) is 0 Å². The first-order valence-corrected chi connectivity index (χ1v) is 5.51. The van der Waals surface area contributed by atoms with Gasteiger partial charge < -0.3 is 4.98 Å². The highest BCUT2D eigenvalue weighted by atomic mass is 16.1. The number of carbonyl (C=O) groups excluding carboxylic acids is 1. The highest BCUT2D eigenvalue weighted by Gasteiger charge is 2.21. The molecule has 3 rings (SSSR count). The summed E-state index contributed by atoms with van der Waals surface area (Å²) in [5.41, 5.74) is 3.49. The Kier molecular flexibility index (Phi) is 2.33. The molecule has 0 saturated carbocycles. The fraction of sp³-hybridized carbons (Fsp3) is 0.154. The van der Waals surface area contributed by atoms with Crippen molar-refractivity contribution < 1.29 is 4.79 Å². The number of allylic oxidation sites excluding steroid dienone is 1. The average Bonchev–Trinajstić information content (AvgIpc) is 2.86. The van der Waals surface area contributed by atoms with Gasteiger partial charge in [-0.25, -0.2) is 4.98 Å². The Morgan fingerprint density at radius 3 is 3.00 bits per heavy atom. The molecule has 0 unspecified atom stereocenters. The van der Waals surface area contributed by atoms with Crippen LogP contribution in [0, 0.1) is 0 Å². The topological polar surface area (TPSA) is 58.6 Å². The highest BCUT2D eigenvalue weighted by molar-refractivity contribution is 6.12. The van der Waals surface area contributed by atoms with Crippen LogP contribution in [0.2, 0.25) is 0 Å². The standard InChI is InChI=1S/C13H11N3O/c17-13-10(5-11-6-15-8-16-11)2-1-9-3-4-14-7-12(9)13/h3-8H,1-2H2,(H,15,16)/b10-5+. The molecule has 0 fully saturated rings. The maximum atomic E-state index is 12.2. The van der Waals surface area contributed by atoms with Crippen molar-refractivity contribution in [2.45, 2.75) is 12.8 Å². The number of pyridine rings is 1. The van der Waals surface area contributed by atoms with Gasteiger partial charge in [0.05, 0.1) is 18.2 Å². The van der Waals surface area contributed by atoms with E-state index < -0.39 is 0 Å². The zero-order valence-electron chi connectivity index (χ0n) is 9.18. The molecule has 2 aromatic rings. The molecule has 1 N–H and O–H groups in total. The molecule has 0 spiro atoms. The Balaban J connectivity index is 2.00. The average molecular weight is 225 g/mol. The number of carbonyl (C=O) groups is 1. The summed E-state index contributed by atoms with van der Waals surface area (Å²) in [5, 5.41) is 0. The fourth-order valence-electron chi connectivity index (χ4n) is 2.07. The Labute approximate surface area is 98.4 Å². The molecule has 2 aromatic heterocycles. The molecular formula is C13H11N3O. The minimum atomic E-state index is 0.0777. The van der Waals surface area contributed by atoms with E-state index in [0.717, 1.165) is 35.2 Å². The molecule has 1 aliphatic carbocycles. The Bertz CT molecular complexity index is 584. The molecule has 4 heteroatoms. The lowest BCUT2D eigenvalue weighted by atomic mass is 9.88. The molecule has 0 aliphatic heterocycles. The zero-order valence-corrected chi connectivity index (χ0v) is 9.18. The molecule has 1 aliphatic rings. The first-order valence-electron chi connectivity index (χ1n) is 5.51. The number of aromatic amines is 1. The van der Waals surface area contributed by atoms with Gasteiger partial charge in [-0.3, -0.25) is 9.78 Å². The number of imidazole rings is 1. The smallest absolute Gasteiger partial charge is 0.190 e. The summed E-state index contributed by atoms with van der Waals surface area (Å²) in [6.45, 7) is 0. The van der Waals surface area contributed by atoms with E-state index in [0.29, 0.717) is 0 Å². The van der Waals surface area contributed by atoms with E-state index in [1.54, 1.807) is 24.9 Å². The second kappa shape index (κ2) is 3.97. The maximum absolute atomic E-state index is 12.2. The predicted octanol–water partition coefficient (Wildman–Crippen LogP) is 2.02. The number of nitrogens with one attached hydrogen (secondary N) is 1. The van der Waals surface area contributed by atoms with Crippen molar-refractivity contribution in [3.05, 3.63) is 53.4 Å². The molecule has 0 bridgehead atoms. The van der Waals surface area contributed by atoms with Crippen LogP contribution in [0.5, 0.6) is 0 Å². The van der Waals surface area contributed by atoms with Crippen LogP contribution in [0.3, 0.4) is 0 Å². The number of Topliss-reactive ketones (excluding diaryl/α,β-unsaturated/α-hetero) is 1. The van der Waals surface area contributed by atoms with E-state index in [4.69, 9.17) is 0 Å². The Hall–Kier alpha value is -2.23. The molecule has 17 heavy (non-hydrogen) atoms. The van der Waals surface area contributed by atoms with E-state index >= 15 is 0 Å². The fourth-order valence-corrected chi connectivity index (χ4v) is 2.07. The van der Waals surface area contributed by atoms with Crippen LogP contribution >= 0.6 is 0 Å². The minimum Gasteiger partial charge on any atom is -0.345 e. The number of aryl methyl sites for hydroxylation is 1. The van der Waals surface area contributed by atoms with Crippen molar-refractivity contribution >= 4 is 11.9 Å². The number of hydrogen-bond donors (Lipinski definition) is 1. The summed E-state index contributed by atoms with van der Waals surface area (Å²) < 4.78 is 0. The number of hydrogen-bond acceptors (Lipinski definition) is 3. The number of H-pyrrole nitrogens is 1. The van der Waals surface area contributed by atoms with Gasteiger partial charge in [0.15, 0.2) is 5.78 Å². The summed E-state index contributed by atoms with van der Waals surface area (Å²) in [6.07, 6.45) is 10.2. The largest absolute Gasteiger partial charge is 0.345 e. The van der Waals surface area contributed by atoms with Crippen LogP contribution in [0.4, 0.5) is 0 Å². The summed E-state index contributed by atoms with van der Waals surface area (Å²) >= 11 is 0. The van der Waals surface area contributed by atoms with Gasteiger partial charge in [0, 0.05) is 23.5 Å². The molecule has 0 aromatic carbocycles. The number of ketones is 1. The number of nitrogens with zero attached hydrogens (tertiary/aromatic N) is 2. The number of aromatic nitrogens is 3. The van der Waals surface area contributed by atoms with E-state index in [1.165, 1.54) is 0 Å². The molecule has 2 heterocycles. The van der Waals surface area contributed by atoms with Gasteiger partial charge in [-0.15, -0.1) is 0 Å². The van der Waals surface area contributed by atoms with Gasteiger partial charge in [0.1, 0.15) is 0 Å². The number of rotatable bonds is 1. The zero-order chi connectivity index (χ0) is 11.7. The number of fused-ring (bicyclic) bond motifs is 1. The van der Waals surface area contributed by atoms with Gasteiger partial charge in [0.25, 0.3) is 0 Å². The molecule has 0 atom stereocenters. The van der Waals surface area contributed by atoms with Gasteiger partial charge in [-0.2, -0.15) is 0 Å². The third-order valence-corrected chi connectivity index (χ3v) is 2.96. The van der Waals surface area contributed by atoms with Crippen molar-refractivity contribution in [3.63, 3.8) is 0 Å². The van der Waals surface area contributed by atoms with Gasteiger partial charge in [-0.05, 0) is 30.5 Å². The van der Waals surface area contributed by atoms with Crippen LogP contribution in [-0.2, 0) is 6.42 Å². The summed E-state index contributed by atoms with van der Waals surface area (Å²) in [5.74, 6) is 0.0777. The molecule has 0 radical (unpaired) electrons. The molecule has 4 nitrogen and oxygen atoms in total. The second-order valence-electron chi connectivity index (χ2n) is 4.04. The molecule has 84 valence electrons. The maximum Gasteiger partial charge on any atom is 0.190 e. The molecule has 0 amide bonds. The van der Waals surface area contributed by atoms with Gasteiger partial charge in [-0.1, -0.05) is 0 Å².